The number of anilines is 1. The van der Waals surface area contributed by atoms with E-state index in [1.54, 1.807) is 32.0 Å². The summed E-state index contributed by atoms with van der Waals surface area (Å²) >= 11 is 5.94. The van der Waals surface area contributed by atoms with Gasteiger partial charge in [0.15, 0.2) is 5.65 Å². The molecular formula is C21H14ClN5O3. The molecule has 0 amide bonds. The number of aromatic nitrogens is 2. The molecular weight excluding hydrogens is 406 g/mol. The minimum absolute atomic E-state index is 0.0295. The van der Waals surface area contributed by atoms with Crippen LogP contribution in [-0.4, -0.2) is 14.3 Å². The third kappa shape index (κ3) is 2.93. The maximum Gasteiger partial charge on any atom is 0.289 e. The number of nitrogens with one attached hydrogen (secondary N) is 1. The second-order valence-corrected chi connectivity index (χ2v) is 7.16. The van der Waals surface area contributed by atoms with Crippen molar-refractivity contribution in [2.45, 2.75) is 13.8 Å². The van der Waals surface area contributed by atoms with Crippen molar-refractivity contribution in [2.24, 2.45) is 0 Å². The quantitative estimate of drug-likeness (QED) is 0.402. The summed E-state index contributed by atoms with van der Waals surface area (Å²) in [6.07, 6.45) is 1.45. The van der Waals surface area contributed by atoms with Gasteiger partial charge >= 0.3 is 0 Å². The highest BCUT2D eigenvalue weighted by atomic mass is 35.5. The van der Waals surface area contributed by atoms with Crippen LogP contribution in [0.2, 0.25) is 5.02 Å². The van der Waals surface area contributed by atoms with Gasteiger partial charge < -0.3 is 5.32 Å². The Bertz CT molecular complexity index is 1520. The predicted molar refractivity (Wildman–Crippen MR) is 115 cm³/mol. The van der Waals surface area contributed by atoms with E-state index in [9.17, 15) is 20.2 Å². The summed E-state index contributed by atoms with van der Waals surface area (Å²) in [5.41, 5.74) is 2.78. The van der Waals surface area contributed by atoms with Crippen molar-refractivity contribution in [1.29, 1.82) is 5.26 Å². The summed E-state index contributed by atoms with van der Waals surface area (Å²) in [6.45, 7) is 3.41. The summed E-state index contributed by atoms with van der Waals surface area (Å²) in [5.74, 6) is 0. The van der Waals surface area contributed by atoms with Gasteiger partial charge in [0.25, 0.3) is 11.2 Å². The van der Waals surface area contributed by atoms with E-state index < -0.39 is 4.92 Å². The number of nitriles is 1. The Kier molecular flexibility index (Phi) is 4.60. The van der Waals surface area contributed by atoms with Gasteiger partial charge in [-0.2, -0.15) is 5.26 Å². The van der Waals surface area contributed by atoms with Crippen molar-refractivity contribution in [3.8, 4) is 6.07 Å². The lowest BCUT2D eigenvalue weighted by Crippen LogP contribution is -2.35. The number of aryl methyl sites for hydroxylation is 1. The fraction of sp³-hybridized carbons (Fsp3) is 0.0952. The molecule has 30 heavy (non-hydrogen) atoms. The molecule has 0 radical (unpaired) electrons. The molecule has 4 rings (SSSR count). The zero-order valence-corrected chi connectivity index (χ0v) is 16.7. The van der Waals surface area contributed by atoms with Gasteiger partial charge in [-0.3, -0.25) is 19.3 Å². The number of nitro benzene ring substituents is 1. The van der Waals surface area contributed by atoms with Crippen LogP contribution in [0, 0.1) is 35.3 Å². The maximum atomic E-state index is 13.2. The molecule has 0 bridgehead atoms. The summed E-state index contributed by atoms with van der Waals surface area (Å²) < 4.78 is 1.41. The van der Waals surface area contributed by atoms with Crippen molar-refractivity contribution in [2.75, 3.05) is 5.32 Å². The predicted octanol–water partition coefficient (Wildman–Crippen LogP) is 3.47. The molecule has 0 saturated heterocycles. The first-order chi connectivity index (χ1) is 14.3. The van der Waals surface area contributed by atoms with Crippen molar-refractivity contribution >= 4 is 45.9 Å². The van der Waals surface area contributed by atoms with Crippen molar-refractivity contribution < 1.29 is 4.92 Å². The van der Waals surface area contributed by atoms with Gasteiger partial charge in [-0.15, -0.1) is 0 Å². The highest BCUT2D eigenvalue weighted by Crippen LogP contribution is 2.30. The first-order valence-electron chi connectivity index (χ1n) is 8.88. The van der Waals surface area contributed by atoms with E-state index in [0.717, 1.165) is 0 Å². The molecule has 1 N–H and O–H groups in total. The van der Waals surface area contributed by atoms with Crippen LogP contribution >= 0.6 is 11.6 Å². The van der Waals surface area contributed by atoms with Gasteiger partial charge in [0.1, 0.15) is 11.1 Å². The second kappa shape index (κ2) is 7.13. The van der Waals surface area contributed by atoms with Gasteiger partial charge in [0.2, 0.25) is 0 Å². The van der Waals surface area contributed by atoms with Gasteiger partial charge in [0.05, 0.1) is 26.7 Å². The monoisotopic (exact) mass is 419 g/mol. The van der Waals surface area contributed by atoms with Gasteiger partial charge in [-0.1, -0.05) is 23.7 Å². The number of halogens is 1. The molecule has 9 heteroatoms. The number of benzene rings is 2. The third-order valence-electron chi connectivity index (χ3n) is 4.97. The van der Waals surface area contributed by atoms with Crippen molar-refractivity contribution in [1.82, 2.24) is 9.38 Å². The summed E-state index contributed by atoms with van der Waals surface area (Å²) in [5, 5.41) is 24.1. The van der Waals surface area contributed by atoms with Gasteiger partial charge in [0, 0.05) is 18.0 Å². The van der Waals surface area contributed by atoms with E-state index in [-0.39, 0.29) is 27.1 Å². The Balaban J connectivity index is 1.98. The second-order valence-electron chi connectivity index (χ2n) is 6.75. The summed E-state index contributed by atoms with van der Waals surface area (Å²) in [6, 6.07) is 12.1. The zero-order chi connectivity index (χ0) is 21.6. The normalized spacial score (nSPS) is 11.7. The fourth-order valence-corrected chi connectivity index (χ4v) is 3.68. The molecule has 8 nitrogen and oxygen atoms in total. The molecule has 0 fully saturated rings. The molecule has 2 aromatic carbocycles. The number of hydrogen-bond acceptors (Lipinski definition) is 6. The molecule has 0 spiro atoms. The highest BCUT2D eigenvalue weighted by molar-refractivity contribution is 6.32. The molecule has 0 aliphatic heterocycles. The van der Waals surface area contributed by atoms with E-state index >= 15 is 0 Å². The number of nitrogens with zero attached hydrogens (tertiary/aromatic N) is 4. The Labute approximate surface area is 174 Å². The minimum Gasteiger partial charge on any atom is -0.360 e. The number of pyridine rings is 1. The minimum atomic E-state index is -0.575. The van der Waals surface area contributed by atoms with Crippen LogP contribution in [-0.2, 0) is 0 Å². The average molecular weight is 420 g/mol. The molecule has 4 aromatic rings. The van der Waals surface area contributed by atoms with Crippen LogP contribution in [0.25, 0.3) is 22.9 Å². The Morgan fingerprint density at radius 1 is 1.30 bits per heavy atom. The first-order valence-corrected chi connectivity index (χ1v) is 9.26. The fourth-order valence-electron chi connectivity index (χ4n) is 3.39. The van der Waals surface area contributed by atoms with Gasteiger partial charge in [-0.25, -0.2) is 4.98 Å². The summed E-state index contributed by atoms with van der Waals surface area (Å²) in [4.78, 5) is 28.3. The number of rotatable bonds is 3. The van der Waals surface area contributed by atoms with Crippen LogP contribution in [0.5, 0.6) is 0 Å². The van der Waals surface area contributed by atoms with E-state index in [2.05, 4.69) is 16.4 Å². The zero-order valence-electron chi connectivity index (χ0n) is 15.9. The lowest BCUT2D eigenvalue weighted by molar-refractivity contribution is -0.384. The molecule has 148 valence electrons. The Morgan fingerprint density at radius 2 is 2.03 bits per heavy atom. The Morgan fingerprint density at radius 3 is 2.73 bits per heavy atom. The van der Waals surface area contributed by atoms with Crippen molar-refractivity contribution in [3.05, 3.63) is 83.8 Å². The number of fused-ring (bicyclic) bond motifs is 3. The average Bonchev–Trinajstić information content (AvgIpc) is 3.08. The molecule has 0 saturated carbocycles. The van der Waals surface area contributed by atoms with Crippen LogP contribution in [0.1, 0.15) is 16.7 Å². The molecule has 2 aromatic heterocycles. The van der Waals surface area contributed by atoms with E-state index in [4.69, 9.17) is 11.6 Å². The highest BCUT2D eigenvalue weighted by Gasteiger charge is 2.17. The molecule has 0 atom stereocenters. The largest absolute Gasteiger partial charge is 0.360 e. The van der Waals surface area contributed by atoms with Crippen LogP contribution < -0.4 is 16.1 Å². The van der Waals surface area contributed by atoms with Gasteiger partial charge in [-0.05, 0) is 43.2 Å². The maximum absolute atomic E-state index is 13.2. The smallest absolute Gasteiger partial charge is 0.289 e. The Hall–Kier alpha value is -3.96. The SMILES string of the molecule is Cc1cc(Cl)c([N+](=O)[O-])cc1N/C=c1/c(C)c(C#N)c2nc3ccccc3n2c1=O. The standard InChI is InChI=1S/C21H14ClN5O3/c1-11-7-15(22)19(27(29)30)8-17(11)24-10-14-12(2)13(9-23)20-25-16-5-3-4-6-18(16)26(20)21(14)28/h3-8,10,24H,1-2H3/b14-10-. The number of nitro groups is 1. The first kappa shape index (κ1) is 19.4. The van der Waals surface area contributed by atoms with E-state index in [0.29, 0.717) is 33.5 Å². The number of para-hydroxylation sites is 2. The van der Waals surface area contributed by atoms with Crippen LogP contribution in [0.3, 0.4) is 0 Å². The summed E-state index contributed by atoms with van der Waals surface area (Å²) in [7, 11) is 0. The number of hydrogen-bond donors (Lipinski definition) is 1. The van der Waals surface area contributed by atoms with Crippen molar-refractivity contribution in [3.63, 3.8) is 0 Å². The van der Waals surface area contributed by atoms with E-state index in [1.165, 1.54) is 22.7 Å². The van der Waals surface area contributed by atoms with E-state index in [1.807, 2.05) is 6.07 Å². The molecule has 2 heterocycles. The molecule has 0 aliphatic rings. The lowest BCUT2D eigenvalue weighted by atomic mass is 10.1. The topological polar surface area (TPSA) is 113 Å². The van der Waals surface area contributed by atoms with Crippen LogP contribution in [0.15, 0.2) is 41.2 Å². The molecule has 0 unspecified atom stereocenters. The van der Waals surface area contributed by atoms with Crippen LogP contribution in [0.4, 0.5) is 11.4 Å². The molecule has 0 aliphatic carbocycles. The lowest BCUT2D eigenvalue weighted by Gasteiger charge is -2.08. The number of imidazole rings is 1. The third-order valence-corrected chi connectivity index (χ3v) is 5.27.